The zero-order valence-corrected chi connectivity index (χ0v) is 15.3. The summed E-state index contributed by atoms with van der Waals surface area (Å²) in [5, 5.41) is 3.44. The van der Waals surface area contributed by atoms with Crippen LogP contribution in [-0.4, -0.2) is 14.7 Å². The van der Waals surface area contributed by atoms with Crippen molar-refractivity contribution in [2.45, 2.75) is 31.7 Å². The van der Waals surface area contributed by atoms with Gasteiger partial charge >= 0.3 is 0 Å². The van der Waals surface area contributed by atoms with Gasteiger partial charge in [0.05, 0.1) is 4.90 Å². The Balaban J connectivity index is 2.31. The van der Waals surface area contributed by atoms with E-state index in [1.54, 1.807) is 32.0 Å². The highest BCUT2D eigenvalue weighted by molar-refractivity contribution is 7.90. The Morgan fingerprint density at radius 3 is 2.50 bits per heavy atom. The van der Waals surface area contributed by atoms with Gasteiger partial charge in [0, 0.05) is 31.8 Å². The van der Waals surface area contributed by atoms with E-state index in [2.05, 4.69) is 5.32 Å². The first kappa shape index (κ1) is 15.9. The summed E-state index contributed by atoms with van der Waals surface area (Å²) >= 11 is 6.02. The standard InChI is InChI=1S/C18H21ClFNO2S/c1-12(2)8-14-9-15(19)5-7-18(14)21-11-13-4-6-16(10-17(13)20)24(3,22)23/h4-7,9-10,12,21H,8,11H2,1-3H3/i8D2. The van der Waals surface area contributed by atoms with Gasteiger partial charge in [0.1, 0.15) is 5.82 Å². The molecule has 2 aromatic carbocycles. The van der Waals surface area contributed by atoms with Gasteiger partial charge in [-0.3, -0.25) is 0 Å². The molecule has 0 aliphatic rings. The van der Waals surface area contributed by atoms with E-state index in [1.165, 1.54) is 12.1 Å². The van der Waals surface area contributed by atoms with Gasteiger partial charge in [0.15, 0.2) is 9.84 Å². The molecular formula is C18H21ClFNO2S. The first-order valence-electron chi connectivity index (χ1n) is 8.45. The van der Waals surface area contributed by atoms with Crippen LogP contribution in [0.2, 0.25) is 5.02 Å². The van der Waals surface area contributed by atoms with E-state index in [0.29, 0.717) is 16.3 Å². The topological polar surface area (TPSA) is 46.2 Å². The minimum absolute atomic E-state index is 0.0814. The fourth-order valence-corrected chi connectivity index (χ4v) is 3.00. The lowest BCUT2D eigenvalue weighted by Gasteiger charge is -2.15. The molecule has 0 bridgehead atoms. The summed E-state index contributed by atoms with van der Waals surface area (Å²) < 4.78 is 53.8. The number of sulfone groups is 1. The third kappa shape index (κ3) is 4.95. The molecule has 24 heavy (non-hydrogen) atoms. The number of hydrogen-bond donors (Lipinski definition) is 1. The molecule has 6 heteroatoms. The molecule has 0 aliphatic carbocycles. The van der Waals surface area contributed by atoms with E-state index in [0.717, 1.165) is 12.3 Å². The summed E-state index contributed by atoms with van der Waals surface area (Å²) in [4.78, 5) is -0.0814. The van der Waals surface area contributed by atoms with Gasteiger partial charge in [-0.15, -0.1) is 0 Å². The van der Waals surface area contributed by atoms with Crippen LogP contribution in [0.5, 0.6) is 0 Å². The van der Waals surface area contributed by atoms with Crippen molar-refractivity contribution in [3.63, 3.8) is 0 Å². The normalized spacial score (nSPS) is 13.6. The maximum absolute atomic E-state index is 14.2. The van der Waals surface area contributed by atoms with E-state index >= 15 is 0 Å². The predicted molar refractivity (Wildman–Crippen MR) is 96.8 cm³/mol. The van der Waals surface area contributed by atoms with Crippen LogP contribution >= 0.6 is 11.6 Å². The zero-order valence-electron chi connectivity index (χ0n) is 15.7. The van der Waals surface area contributed by atoms with E-state index in [9.17, 15) is 12.8 Å². The maximum Gasteiger partial charge on any atom is 0.175 e. The number of benzene rings is 2. The van der Waals surface area contributed by atoms with Gasteiger partial charge in [-0.05, 0) is 48.2 Å². The highest BCUT2D eigenvalue weighted by Crippen LogP contribution is 2.24. The minimum atomic E-state index is -3.47. The summed E-state index contributed by atoms with van der Waals surface area (Å²) in [7, 11) is -3.47. The van der Waals surface area contributed by atoms with Crippen molar-refractivity contribution >= 4 is 27.1 Å². The fraction of sp³-hybridized carbons (Fsp3) is 0.333. The van der Waals surface area contributed by atoms with Crippen molar-refractivity contribution in [3.8, 4) is 0 Å². The summed E-state index contributed by atoms with van der Waals surface area (Å²) in [5.74, 6) is -0.921. The van der Waals surface area contributed by atoms with Crippen LogP contribution < -0.4 is 5.32 Å². The number of halogens is 2. The van der Waals surface area contributed by atoms with Crippen LogP contribution in [0, 0.1) is 11.7 Å². The SMILES string of the molecule is [2H]C([2H])(c1cc(Cl)ccc1NCc1ccc(S(C)(=O)=O)cc1F)C(C)C. The fourth-order valence-electron chi connectivity index (χ4n) is 2.19. The molecule has 0 atom stereocenters. The third-order valence-corrected chi connectivity index (χ3v) is 4.69. The molecular weight excluding hydrogens is 349 g/mol. The van der Waals surface area contributed by atoms with Crippen molar-refractivity contribution < 1.29 is 15.5 Å². The highest BCUT2D eigenvalue weighted by Gasteiger charge is 2.12. The zero-order chi connectivity index (χ0) is 19.7. The van der Waals surface area contributed by atoms with Crippen molar-refractivity contribution in [2.24, 2.45) is 5.92 Å². The monoisotopic (exact) mass is 371 g/mol. The second-order valence-corrected chi connectivity index (χ2v) is 8.32. The Bertz CT molecular complexity index is 917. The molecule has 0 saturated heterocycles. The molecule has 0 fully saturated rings. The number of anilines is 1. The second kappa shape index (κ2) is 7.53. The molecule has 3 nitrogen and oxygen atoms in total. The Kier molecular flexibility index (Phi) is 4.99. The van der Waals surface area contributed by atoms with Gasteiger partial charge in [-0.25, -0.2) is 12.8 Å². The Labute approximate surface area is 150 Å². The Hall–Kier alpha value is -1.59. The van der Waals surface area contributed by atoms with Crippen LogP contribution in [-0.2, 0) is 22.8 Å². The van der Waals surface area contributed by atoms with Gasteiger partial charge in [-0.1, -0.05) is 31.5 Å². The first-order chi connectivity index (χ1) is 11.9. The Morgan fingerprint density at radius 1 is 1.21 bits per heavy atom. The van der Waals surface area contributed by atoms with Gasteiger partial charge in [0.2, 0.25) is 0 Å². The minimum Gasteiger partial charge on any atom is -0.381 e. The van der Waals surface area contributed by atoms with Crippen LogP contribution in [0.3, 0.4) is 0 Å². The summed E-state index contributed by atoms with van der Waals surface area (Å²) in [5.41, 5.74) is 1.19. The van der Waals surface area contributed by atoms with Gasteiger partial charge in [-0.2, -0.15) is 0 Å². The number of nitrogens with one attached hydrogen (secondary N) is 1. The van der Waals surface area contributed by atoms with E-state index in [1.807, 2.05) is 0 Å². The van der Waals surface area contributed by atoms with Gasteiger partial charge < -0.3 is 5.32 Å². The lowest BCUT2D eigenvalue weighted by molar-refractivity contribution is 0.591. The maximum atomic E-state index is 14.2. The van der Waals surface area contributed by atoms with Crippen LogP contribution in [0.15, 0.2) is 41.3 Å². The largest absolute Gasteiger partial charge is 0.381 e. The molecule has 1 N–H and O–H groups in total. The average Bonchev–Trinajstić information content (AvgIpc) is 2.53. The van der Waals surface area contributed by atoms with Crippen molar-refractivity contribution in [1.29, 1.82) is 0 Å². The van der Waals surface area contributed by atoms with Crippen molar-refractivity contribution in [2.75, 3.05) is 11.6 Å². The molecule has 0 unspecified atom stereocenters. The molecule has 0 radical (unpaired) electrons. The van der Waals surface area contributed by atoms with Gasteiger partial charge in [0.25, 0.3) is 0 Å². The molecule has 0 saturated carbocycles. The summed E-state index contributed by atoms with van der Waals surface area (Å²) in [6.45, 7) is 3.63. The Morgan fingerprint density at radius 2 is 1.92 bits per heavy atom. The summed E-state index contributed by atoms with van der Waals surface area (Å²) in [6, 6.07) is 8.60. The number of hydrogen-bond acceptors (Lipinski definition) is 3. The molecule has 2 aromatic rings. The molecule has 0 spiro atoms. The first-order valence-corrected chi connectivity index (χ1v) is 9.72. The van der Waals surface area contributed by atoms with Crippen molar-refractivity contribution in [3.05, 3.63) is 58.4 Å². The highest BCUT2D eigenvalue weighted by atomic mass is 35.5. The average molecular weight is 372 g/mol. The van der Waals surface area contributed by atoms with Crippen LogP contribution in [0.1, 0.15) is 27.7 Å². The van der Waals surface area contributed by atoms with E-state index in [-0.39, 0.29) is 22.9 Å². The molecule has 130 valence electrons. The molecule has 0 aromatic heterocycles. The molecule has 0 aliphatic heterocycles. The summed E-state index contributed by atoms with van der Waals surface area (Å²) in [6.07, 6.45) is -0.598. The third-order valence-electron chi connectivity index (χ3n) is 3.35. The van der Waals surface area contributed by atoms with Crippen molar-refractivity contribution in [1.82, 2.24) is 0 Å². The quantitative estimate of drug-likeness (QED) is 0.801. The van der Waals surface area contributed by atoms with E-state index < -0.39 is 22.0 Å². The molecule has 0 amide bonds. The lowest BCUT2D eigenvalue weighted by atomic mass is 10.0. The van der Waals surface area contributed by atoms with Crippen LogP contribution in [0.25, 0.3) is 0 Å². The van der Waals surface area contributed by atoms with E-state index in [4.69, 9.17) is 14.3 Å². The van der Waals surface area contributed by atoms with Crippen LogP contribution in [0.4, 0.5) is 10.1 Å². The lowest BCUT2D eigenvalue weighted by Crippen LogP contribution is -2.07. The molecule has 2 rings (SSSR count). The number of rotatable bonds is 6. The predicted octanol–water partition coefficient (Wildman–Crippen LogP) is 4.69. The second-order valence-electron chi connectivity index (χ2n) is 5.87. The smallest absolute Gasteiger partial charge is 0.175 e. The molecule has 0 heterocycles.